The lowest BCUT2D eigenvalue weighted by molar-refractivity contribution is -0.117. The Labute approximate surface area is 178 Å². The van der Waals surface area contributed by atoms with Gasteiger partial charge >= 0.3 is 0 Å². The van der Waals surface area contributed by atoms with Crippen molar-refractivity contribution in [1.29, 1.82) is 0 Å². The zero-order chi connectivity index (χ0) is 20.1. The highest BCUT2D eigenvalue weighted by atomic mass is 35.5. The Balaban J connectivity index is 1.43. The molecule has 1 unspecified atom stereocenters. The molecule has 0 N–H and O–H groups in total. The summed E-state index contributed by atoms with van der Waals surface area (Å²) in [5.41, 5.74) is 0.481. The van der Waals surface area contributed by atoms with Crippen LogP contribution in [0.4, 0.5) is 0 Å². The highest BCUT2D eigenvalue weighted by molar-refractivity contribution is 7.96. The number of carbonyl (C=O) groups is 1. The van der Waals surface area contributed by atoms with E-state index in [1.807, 2.05) is 24.9 Å². The van der Waals surface area contributed by atoms with E-state index in [1.54, 1.807) is 0 Å². The number of rotatable bonds is 6. The van der Waals surface area contributed by atoms with Gasteiger partial charge in [-0.1, -0.05) is 30.5 Å². The maximum atomic E-state index is 12.6. The topological polar surface area (TPSA) is 51.5 Å². The van der Waals surface area contributed by atoms with Crippen LogP contribution in [-0.2, 0) is 4.79 Å². The van der Waals surface area contributed by atoms with E-state index in [9.17, 15) is 4.79 Å². The largest absolute Gasteiger partial charge is 0.300 e. The first kappa shape index (κ1) is 22.0. The molecule has 0 aromatic carbocycles. The molecule has 0 spiro atoms. The Morgan fingerprint density at radius 3 is 2.57 bits per heavy atom. The van der Waals surface area contributed by atoms with Gasteiger partial charge in [-0.25, -0.2) is 9.98 Å². The van der Waals surface area contributed by atoms with Gasteiger partial charge in [0.2, 0.25) is 0 Å². The zero-order valence-corrected chi connectivity index (χ0v) is 18.8. The van der Waals surface area contributed by atoms with Crippen LogP contribution in [0.2, 0.25) is 0 Å². The number of aliphatic imine (C=N–C) groups is 2. The van der Waals surface area contributed by atoms with Gasteiger partial charge in [0, 0.05) is 31.1 Å². The monoisotopic (exact) mass is 425 g/mol. The number of nitrogens with zero attached hydrogens (tertiary/aromatic N) is 5. The number of Topliss-reactive ketones (excluding diaryl/α,β-unsaturated/α-hetero) is 1. The number of hydrogen-bond donors (Lipinski definition) is 0. The lowest BCUT2D eigenvalue weighted by atomic mass is 9.97. The summed E-state index contributed by atoms with van der Waals surface area (Å²) in [6.07, 6.45) is 10.2. The van der Waals surface area contributed by atoms with Crippen molar-refractivity contribution in [2.75, 3.05) is 46.0 Å². The minimum atomic E-state index is -0.0677. The molecule has 0 aliphatic carbocycles. The summed E-state index contributed by atoms with van der Waals surface area (Å²) in [5, 5.41) is 0.472. The minimum Gasteiger partial charge on any atom is -0.300 e. The normalized spacial score (nSPS) is 26.2. The van der Waals surface area contributed by atoms with E-state index in [-0.39, 0.29) is 11.7 Å². The van der Waals surface area contributed by atoms with Crippen LogP contribution in [0, 0.1) is 5.92 Å². The van der Waals surface area contributed by atoms with Crippen LogP contribution < -0.4 is 0 Å². The van der Waals surface area contributed by atoms with Gasteiger partial charge in [-0.2, -0.15) is 0 Å². The molecule has 3 aliphatic rings. The second-order valence-corrected chi connectivity index (χ2v) is 9.29. The molecule has 6 nitrogen and oxygen atoms in total. The standard InChI is InChI=1S/C20H32ClN5OS/c1-15-12-18(22-14-23-20(15)21)19(27)13-25-8-4-17(5-9-25)26-10-6-16(7-11-26)24(2)28-3/h12,14-17H,4-11,13H2,1-3H3. The van der Waals surface area contributed by atoms with E-state index in [2.05, 4.69) is 37.4 Å². The summed E-state index contributed by atoms with van der Waals surface area (Å²) >= 11 is 7.88. The molecule has 2 saturated heterocycles. The molecule has 0 aromatic heterocycles. The first-order valence-electron chi connectivity index (χ1n) is 10.2. The molecule has 0 bridgehead atoms. The van der Waals surface area contributed by atoms with E-state index in [0.717, 1.165) is 25.9 Å². The molecule has 3 heterocycles. The smallest absolute Gasteiger partial charge is 0.194 e. The molecule has 3 rings (SSSR count). The fourth-order valence-corrected chi connectivity index (χ4v) is 4.88. The predicted molar refractivity (Wildman–Crippen MR) is 119 cm³/mol. The summed E-state index contributed by atoms with van der Waals surface area (Å²) in [7, 11) is 2.20. The van der Waals surface area contributed by atoms with E-state index in [4.69, 9.17) is 11.6 Å². The maximum Gasteiger partial charge on any atom is 0.194 e. The Kier molecular flexibility index (Phi) is 8.12. The van der Waals surface area contributed by atoms with Crippen LogP contribution in [0.25, 0.3) is 0 Å². The molecule has 0 radical (unpaired) electrons. The maximum absolute atomic E-state index is 12.6. The average Bonchev–Trinajstić information content (AvgIpc) is 2.89. The summed E-state index contributed by atoms with van der Waals surface area (Å²) in [4.78, 5) is 25.8. The summed E-state index contributed by atoms with van der Waals surface area (Å²) in [6.45, 7) is 6.70. The molecular formula is C20H32ClN5OS. The van der Waals surface area contributed by atoms with Crippen LogP contribution in [-0.4, -0.2) is 89.5 Å². The lowest BCUT2D eigenvalue weighted by Crippen LogP contribution is -2.50. The Morgan fingerprint density at radius 1 is 1.25 bits per heavy atom. The van der Waals surface area contributed by atoms with Gasteiger partial charge in [0.25, 0.3) is 0 Å². The van der Waals surface area contributed by atoms with Crippen LogP contribution in [0.5, 0.6) is 0 Å². The zero-order valence-electron chi connectivity index (χ0n) is 17.2. The second-order valence-electron chi connectivity index (χ2n) is 7.96. The first-order valence-corrected chi connectivity index (χ1v) is 11.8. The molecule has 3 aliphatic heterocycles. The molecule has 156 valence electrons. The predicted octanol–water partition coefficient (Wildman–Crippen LogP) is 2.89. The number of carbonyl (C=O) groups excluding carboxylic acids is 1. The van der Waals surface area contributed by atoms with Crippen molar-refractivity contribution >= 4 is 40.8 Å². The Bertz CT molecular complexity index is 637. The Morgan fingerprint density at radius 2 is 1.93 bits per heavy atom. The fraction of sp³-hybridized carbons (Fsp3) is 0.750. The summed E-state index contributed by atoms with van der Waals surface area (Å²) < 4.78 is 2.40. The summed E-state index contributed by atoms with van der Waals surface area (Å²) in [6, 6.07) is 1.37. The number of piperidine rings is 2. The number of halogens is 1. The molecule has 0 saturated carbocycles. The van der Waals surface area contributed by atoms with Crippen LogP contribution in [0.1, 0.15) is 32.6 Å². The first-order chi connectivity index (χ1) is 13.5. The molecule has 0 amide bonds. The molecule has 2 fully saturated rings. The molecule has 8 heteroatoms. The molecule has 0 aromatic rings. The lowest BCUT2D eigenvalue weighted by Gasteiger charge is -2.43. The van der Waals surface area contributed by atoms with Crippen LogP contribution >= 0.6 is 23.5 Å². The van der Waals surface area contributed by atoms with Crippen molar-refractivity contribution in [2.45, 2.75) is 44.7 Å². The van der Waals surface area contributed by atoms with Crippen molar-refractivity contribution in [3.63, 3.8) is 0 Å². The minimum absolute atomic E-state index is 0.0593. The fourth-order valence-electron chi connectivity index (χ4n) is 4.27. The highest BCUT2D eigenvalue weighted by Crippen LogP contribution is 2.25. The van der Waals surface area contributed by atoms with E-state index < -0.39 is 0 Å². The quantitative estimate of drug-likeness (QED) is 0.612. The third-order valence-corrected chi connectivity index (χ3v) is 7.51. The van der Waals surface area contributed by atoms with Gasteiger partial charge < -0.3 is 4.90 Å². The average molecular weight is 426 g/mol. The van der Waals surface area contributed by atoms with Gasteiger partial charge in [-0.3, -0.25) is 14.0 Å². The Hall–Kier alpha value is -0.730. The SMILES string of the molecule is CSN(C)C1CCN(C2CCN(CC(=O)C3=CC(C)C(Cl)=NC=N3)CC2)CC1. The number of allylic oxidation sites excluding steroid dienone is 1. The van der Waals surface area contributed by atoms with Gasteiger partial charge in [0.05, 0.1) is 6.54 Å². The van der Waals surface area contributed by atoms with Crippen LogP contribution in [0.3, 0.4) is 0 Å². The molecular weight excluding hydrogens is 394 g/mol. The van der Waals surface area contributed by atoms with Crippen molar-refractivity contribution < 1.29 is 4.79 Å². The number of hydrogen-bond acceptors (Lipinski definition) is 7. The molecule has 1 atom stereocenters. The van der Waals surface area contributed by atoms with Crippen molar-refractivity contribution in [1.82, 2.24) is 14.1 Å². The highest BCUT2D eigenvalue weighted by Gasteiger charge is 2.30. The van der Waals surface area contributed by atoms with Crippen molar-refractivity contribution in [3.05, 3.63) is 11.8 Å². The van der Waals surface area contributed by atoms with E-state index >= 15 is 0 Å². The van der Waals surface area contributed by atoms with Gasteiger partial charge in [0.15, 0.2) is 5.78 Å². The van der Waals surface area contributed by atoms with Crippen molar-refractivity contribution in [3.8, 4) is 0 Å². The molecule has 28 heavy (non-hydrogen) atoms. The van der Waals surface area contributed by atoms with E-state index in [0.29, 0.717) is 29.5 Å². The third kappa shape index (κ3) is 5.66. The summed E-state index contributed by atoms with van der Waals surface area (Å²) in [5.74, 6) is -0.00836. The number of likely N-dealkylation sites (tertiary alicyclic amines) is 2. The number of ketones is 1. The second kappa shape index (κ2) is 10.3. The van der Waals surface area contributed by atoms with E-state index in [1.165, 1.54) is 32.3 Å². The van der Waals surface area contributed by atoms with Gasteiger partial charge in [0.1, 0.15) is 17.2 Å². The van der Waals surface area contributed by atoms with Crippen molar-refractivity contribution in [2.24, 2.45) is 15.9 Å². The van der Waals surface area contributed by atoms with Gasteiger partial charge in [-0.05, 0) is 58.2 Å². The van der Waals surface area contributed by atoms with Crippen LogP contribution in [0.15, 0.2) is 21.8 Å². The van der Waals surface area contributed by atoms with Gasteiger partial charge in [-0.15, -0.1) is 0 Å². The third-order valence-electron chi connectivity index (χ3n) is 6.19.